The van der Waals surface area contributed by atoms with Gasteiger partial charge in [0.2, 0.25) is 5.91 Å². The van der Waals surface area contributed by atoms with Crippen molar-refractivity contribution in [1.29, 1.82) is 0 Å². The lowest BCUT2D eigenvalue weighted by Crippen LogP contribution is -2.40. The molecule has 1 saturated carbocycles. The number of rotatable bonds is 3. The average molecular weight is 362 g/mol. The molecule has 136 valence electrons. The first-order valence-corrected chi connectivity index (χ1v) is 10.3. The van der Waals surface area contributed by atoms with Gasteiger partial charge in [0, 0.05) is 29.9 Å². The topological polar surface area (TPSA) is 58.6 Å². The molecule has 1 unspecified atom stereocenters. The lowest BCUT2D eigenvalue weighted by Gasteiger charge is -2.26. The predicted molar refractivity (Wildman–Crippen MR) is 97.0 cm³/mol. The molecular weight excluding hydrogens is 336 g/mol. The molecule has 1 aromatic heterocycles. The molecule has 25 heavy (non-hydrogen) atoms. The van der Waals surface area contributed by atoms with Crippen molar-refractivity contribution < 1.29 is 14.3 Å². The summed E-state index contributed by atoms with van der Waals surface area (Å²) in [5, 5.41) is 3.24. The molecule has 4 rings (SSSR count). The normalized spacial score (nSPS) is 24.2. The number of aryl methyl sites for hydroxylation is 1. The highest BCUT2D eigenvalue weighted by molar-refractivity contribution is 7.14. The van der Waals surface area contributed by atoms with Crippen LogP contribution in [0, 0.1) is 5.92 Å². The van der Waals surface area contributed by atoms with Crippen LogP contribution in [0.3, 0.4) is 0 Å². The highest BCUT2D eigenvalue weighted by Crippen LogP contribution is 2.33. The van der Waals surface area contributed by atoms with Crippen LogP contribution < -0.4 is 5.32 Å². The summed E-state index contributed by atoms with van der Waals surface area (Å²) in [6, 6.07) is 2.42. The molecule has 0 radical (unpaired) electrons. The zero-order chi connectivity index (χ0) is 17.2. The molecule has 2 aliphatic carbocycles. The number of amides is 2. The van der Waals surface area contributed by atoms with Crippen LogP contribution in [0.2, 0.25) is 0 Å². The van der Waals surface area contributed by atoms with Gasteiger partial charge in [-0.1, -0.05) is 12.8 Å². The third-order valence-corrected chi connectivity index (χ3v) is 6.89. The van der Waals surface area contributed by atoms with Gasteiger partial charge >= 0.3 is 0 Å². The van der Waals surface area contributed by atoms with E-state index in [0.717, 1.165) is 37.0 Å². The van der Waals surface area contributed by atoms with Gasteiger partial charge in [-0.3, -0.25) is 9.59 Å². The largest absolute Gasteiger partial charge is 0.378 e. The minimum atomic E-state index is 0.0639. The molecular formula is C19H26N2O3S. The van der Waals surface area contributed by atoms with Gasteiger partial charge in [-0.15, -0.1) is 11.3 Å². The Morgan fingerprint density at radius 2 is 1.92 bits per heavy atom. The van der Waals surface area contributed by atoms with Gasteiger partial charge in [0.1, 0.15) is 0 Å². The van der Waals surface area contributed by atoms with Crippen molar-refractivity contribution in [3.05, 3.63) is 21.4 Å². The molecule has 2 fully saturated rings. The van der Waals surface area contributed by atoms with Gasteiger partial charge in [0.15, 0.2) is 0 Å². The fourth-order valence-corrected chi connectivity index (χ4v) is 5.34. The number of carbonyl (C=O) groups is 2. The molecule has 1 saturated heterocycles. The van der Waals surface area contributed by atoms with E-state index in [1.54, 1.807) is 11.3 Å². The van der Waals surface area contributed by atoms with Crippen LogP contribution in [0.25, 0.3) is 0 Å². The number of nitrogens with one attached hydrogen (secondary N) is 1. The van der Waals surface area contributed by atoms with Crippen LogP contribution in [-0.2, 0) is 22.4 Å². The van der Waals surface area contributed by atoms with Gasteiger partial charge in [0.25, 0.3) is 5.91 Å². The Kier molecular flexibility index (Phi) is 5.08. The van der Waals surface area contributed by atoms with Crippen molar-refractivity contribution in [3.63, 3.8) is 0 Å². The number of thiophene rings is 1. The van der Waals surface area contributed by atoms with Crippen molar-refractivity contribution in [3.8, 4) is 0 Å². The third kappa shape index (κ3) is 3.75. The summed E-state index contributed by atoms with van der Waals surface area (Å²) >= 11 is 1.62. The summed E-state index contributed by atoms with van der Waals surface area (Å²) in [7, 11) is 0. The molecule has 1 aromatic rings. The predicted octanol–water partition coefficient (Wildman–Crippen LogP) is 2.38. The summed E-state index contributed by atoms with van der Waals surface area (Å²) in [5.74, 6) is 0.397. The third-order valence-electron chi connectivity index (χ3n) is 5.66. The molecule has 5 nitrogen and oxygen atoms in total. The van der Waals surface area contributed by atoms with Crippen LogP contribution in [0.4, 0.5) is 0 Å². The minimum absolute atomic E-state index is 0.0639. The van der Waals surface area contributed by atoms with E-state index in [9.17, 15) is 9.59 Å². The van der Waals surface area contributed by atoms with Gasteiger partial charge in [-0.2, -0.15) is 0 Å². The first-order chi connectivity index (χ1) is 12.2. The van der Waals surface area contributed by atoms with Crippen LogP contribution in [-0.4, -0.2) is 49.1 Å². The quantitative estimate of drug-likeness (QED) is 0.898. The van der Waals surface area contributed by atoms with Crippen LogP contribution in [0.1, 0.15) is 52.2 Å². The SMILES string of the molecule is O=C(NC1CCCC1)C1CCc2sc(C(=O)N3CCOCC3)cc2C1. The van der Waals surface area contributed by atoms with Crippen LogP contribution >= 0.6 is 11.3 Å². The van der Waals surface area contributed by atoms with Gasteiger partial charge < -0.3 is 15.0 Å². The standard InChI is InChI=1S/C19H26N2O3S/c22-18(20-15-3-1-2-4-15)13-5-6-16-14(11-13)12-17(25-16)19(23)21-7-9-24-10-8-21/h12-13,15H,1-11H2,(H,20,22). The molecule has 1 aliphatic heterocycles. The van der Waals surface area contributed by atoms with E-state index in [2.05, 4.69) is 5.32 Å². The maximum absolute atomic E-state index is 12.7. The minimum Gasteiger partial charge on any atom is -0.378 e. The number of hydrogen-bond donors (Lipinski definition) is 1. The van der Waals surface area contributed by atoms with E-state index >= 15 is 0 Å². The van der Waals surface area contributed by atoms with Crippen LogP contribution in [0.5, 0.6) is 0 Å². The number of nitrogens with zero attached hydrogens (tertiary/aromatic N) is 1. The van der Waals surface area contributed by atoms with Crippen molar-refractivity contribution in [2.24, 2.45) is 5.92 Å². The summed E-state index contributed by atoms with van der Waals surface area (Å²) in [4.78, 5) is 29.2. The zero-order valence-electron chi connectivity index (χ0n) is 14.6. The Bertz CT molecular complexity index is 645. The van der Waals surface area contributed by atoms with Crippen molar-refractivity contribution in [1.82, 2.24) is 10.2 Å². The Morgan fingerprint density at radius 3 is 2.68 bits per heavy atom. The number of morpholine rings is 1. The Balaban J connectivity index is 1.40. The monoisotopic (exact) mass is 362 g/mol. The fourth-order valence-electron chi connectivity index (χ4n) is 4.16. The highest BCUT2D eigenvalue weighted by Gasteiger charge is 2.30. The molecule has 3 aliphatic rings. The molecule has 1 atom stereocenters. The average Bonchev–Trinajstić information content (AvgIpc) is 3.30. The summed E-state index contributed by atoms with van der Waals surface area (Å²) in [5.41, 5.74) is 1.21. The molecule has 2 amide bonds. The van der Waals surface area contributed by atoms with Crippen molar-refractivity contribution >= 4 is 23.2 Å². The van der Waals surface area contributed by atoms with Gasteiger partial charge in [-0.25, -0.2) is 0 Å². The Morgan fingerprint density at radius 1 is 1.16 bits per heavy atom. The highest BCUT2D eigenvalue weighted by atomic mass is 32.1. The fraction of sp³-hybridized carbons (Fsp3) is 0.684. The van der Waals surface area contributed by atoms with Crippen molar-refractivity contribution in [2.45, 2.75) is 51.0 Å². The van der Waals surface area contributed by atoms with E-state index in [-0.39, 0.29) is 17.7 Å². The number of fused-ring (bicyclic) bond motifs is 1. The molecule has 2 heterocycles. The molecule has 0 bridgehead atoms. The molecule has 1 N–H and O–H groups in total. The molecule has 0 aromatic carbocycles. The first kappa shape index (κ1) is 17.0. The lowest BCUT2D eigenvalue weighted by atomic mass is 9.87. The Hall–Kier alpha value is -1.40. The molecule has 6 heteroatoms. The van der Waals surface area contributed by atoms with Gasteiger partial charge in [-0.05, 0) is 43.7 Å². The molecule has 0 spiro atoms. The van der Waals surface area contributed by atoms with E-state index in [1.165, 1.54) is 23.3 Å². The van der Waals surface area contributed by atoms with Gasteiger partial charge in [0.05, 0.1) is 18.1 Å². The number of hydrogen-bond acceptors (Lipinski definition) is 4. The lowest BCUT2D eigenvalue weighted by molar-refractivity contribution is -0.126. The summed E-state index contributed by atoms with van der Waals surface area (Å²) in [6.45, 7) is 2.60. The first-order valence-electron chi connectivity index (χ1n) is 9.49. The maximum Gasteiger partial charge on any atom is 0.264 e. The summed E-state index contributed by atoms with van der Waals surface area (Å²) < 4.78 is 5.33. The van der Waals surface area contributed by atoms with Crippen molar-refractivity contribution in [2.75, 3.05) is 26.3 Å². The smallest absolute Gasteiger partial charge is 0.264 e. The second kappa shape index (κ2) is 7.46. The number of ether oxygens (including phenoxy) is 1. The number of carbonyl (C=O) groups excluding carboxylic acids is 2. The second-order valence-electron chi connectivity index (χ2n) is 7.39. The van der Waals surface area contributed by atoms with E-state index < -0.39 is 0 Å². The van der Waals surface area contributed by atoms with E-state index in [1.807, 2.05) is 11.0 Å². The second-order valence-corrected chi connectivity index (χ2v) is 8.53. The Labute approximate surface area is 152 Å². The van der Waals surface area contributed by atoms with E-state index in [0.29, 0.717) is 32.3 Å². The maximum atomic E-state index is 12.7. The van der Waals surface area contributed by atoms with E-state index in [4.69, 9.17) is 4.74 Å². The zero-order valence-corrected chi connectivity index (χ0v) is 15.4. The summed E-state index contributed by atoms with van der Waals surface area (Å²) in [6.07, 6.45) is 7.31. The van der Waals surface area contributed by atoms with Crippen LogP contribution in [0.15, 0.2) is 6.07 Å².